The molecule has 0 radical (unpaired) electrons. The summed E-state index contributed by atoms with van der Waals surface area (Å²) < 4.78 is 64.3. The van der Waals surface area contributed by atoms with Gasteiger partial charge in [0.2, 0.25) is 10.0 Å². The largest absolute Gasteiger partial charge is 0.407 e. The van der Waals surface area contributed by atoms with Gasteiger partial charge in [-0.15, -0.1) is 0 Å². The van der Waals surface area contributed by atoms with Crippen LogP contribution in [0.4, 0.5) is 13.2 Å². The molecule has 2 rings (SSSR count). The van der Waals surface area contributed by atoms with Crippen LogP contribution in [0.1, 0.15) is 18.4 Å². The maximum atomic E-state index is 12.8. The first-order valence-electron chi connectivity index (χ1n) is 6.54. The van der Waals surface area contributed by atoms with Crippen LogP contribution < -0.4 is 10.0 Å². The minimum Gasteiger partial charge on any atom is -0.319 e. The van der Waals surface area contributed by atoms with Crippen molar-refractivity contribution in [1.29, 1.82) is 0 Å². The average Bonchev–Trinajstić information content (AvgIpc) is 3.16. The Morgan fingerprint density at radius 2 is 1.76 bits per heavy atom. The molecule has 1 aromatic rings. The predicted molar refractivity (Wildman–Crippen MR) is 72.4 cm³/mol. The lowest BCUT2D eigenvalue weighted by Gasteiger charge is -2.20. The van der Waals surface area contributed by atoms with Gasteiger partial charge in [0.1, 0.15) is 5.54 Å². The predicted octanol–water partition coefficient (Wildman–Crippen LogP) is 1.82. The van der Waals surface area contributed by atoms with Gasteiger partial charge < -0.3 is 5.32 Å². The minimum atomic E-state index is -4.56. The molecule has 2 N–H and O–H groups in total. The molecular formula is C13H17F3N2O2S. The van der Waals surface area contributed by atoms with E-state index in [9.17, 15) is 21.6 Å². The van der Waals surface area contributed by atoms with E-state index in [-0.39, 0.29) is 17.7 Å². The maximum absolute atomic E-state index is 12.8. The molecule has 1 saturated carbocycles. The van der Waals surface area contributed by atoms with Crippen LogP contribution >= 0.6 is 0 Å². The Morgan fingerprint density at radius 3 is 2.19 bits per heavy atom. The zero-order chi connectivity index (χ0) is 15.7. The van der Waals surface area contributed by atoms with Gasteiger partial charge in [0.25, 0.3) is 0 Å². The summed E-state index contributed by atoms with van der Waals surface area (Å²) in [5.41, 5.74) is -1.36. The Bertz CT molecular complexity index is 593. The molecule has 0 aliphatic heterocycles. The van der Waals surface area contributed by atoms with Crippen molar-refractivity contribution in [3.63, 3.8) is 0 Å². The molecule has 0 heterocycles. The summed E-state index contributed by atoms with van der Waals surface area (Å²) >= 11 is 0. The van der Waals surface area contributed by atoms with Gasteiger partial charge in [0.15, 0.2) is 0 Å². The van der Waals surface area contributed by atoms with Crippen molar-refractivity contribution in [3.05, 3.63) is 29.8 Å². The van der Waals surface area contributed by atoms with E-state index in [0.717, 1.165) is 18.5 Å². The molecule has 1 aromatic carbocycles. The summed E-state index contributed by atoms with van der Waals surface area (Å²) in [5.74, 6) is 0. The van der Waals surface area contributed by atoms with Crippen molar-refractivity contribution < 1.29 is 21.6 Å². The first kappa shape index (κ1) is 16.3. The number of hydrogen-bond acceptors (Lipinski definition) is 3. The van der Waals surface area contributed by atoms with Gasteiger partial charge in [-0.3, -0.25) is 0 Å². The molecular weight excluding hydrogens is 305 g/mol. The van der Waals surface area contributed by atoms with Crippen LogP contribution in [-0.2, 0) is 16.4 Å². The third-order valence-corrected chi connectivity index (χ3v) is 5.07. The highest BCUT2D eigenvalue weighted by Gasteiger charge is 2.65. The molecule has 0 saturated heterocycles. The van der Waals surface area contributed by atoms with Crippen LogP contribution in [0, 0.1) is 0 Å². The Labute approximate surface area is 121 Å². The number of sulfonamides is 1. The second-order valence-corrected chi connectivity index (χ2v) is 6.87. The highest BCUT2D eigenvalue weighted by atomic mass is 32.2. The second kappa shape index (κ2) is 5.58. The summed E-state index contributed by atoms with van der Waals surface area (Å²) in [4.78, 5) is -0.147. The molecule has 0 spiro atoms. The monoisotopic (exact) mass is 322 g/mol. The molecule has 8 heteroatoms. The van der Waals surface area contributed by atoms with Gasteiger partial charge >= 0.3 is 6.18 Å². The molecule has 4 nitrogen and oxygen atoms in total. The van der Waals surface area contributed by atoms with E-state index in [0.29, 0.717) is 0 Å². The molecule has 0 atom stereocenters. The number of benzene rings is 1. The highest BCUT2D eigenvalue weighted by Crippen LogP contribution is 2.49. The lowest BCUT2D eigenvalue weighted by molar-refractivity contribution is -0.160. The number of nitrogens with one attached hydrogen (secondary N) is 2. The van der Waals surface area contributed by atoms with E-state index in [4.69, 9.17) is 0 Å². The smallest absolute Gasteiger partial charge is 0.319 e. The van der Waals surface area contributed by atoms with E-state index >= 15 is 0 Å². The quantitative estimate of drug-likeness (QED) is 0.840. The van der Waals surface area contributed by atoms with E-state index in [1.165, 1.54) is 12.1 Å². The first-order valence-corrected chi connectivity index (χ1v) is 8.03. The van der Waals surface area contributed by atoms with Crippen LogP contribution in [0.25, 0.3) is 0 Å². The maximum Gasteiger partial charge on any atom is 0.407 e. The highest BCUT2D eigenvalue weighted by molar-refractivity contribution is 7.89. The third-order valence-electron chi connectivity index (χ3n) is 3.52. The number of rotatable bonds is 6. The minimum absolute atomic E-state index is 0.147. The van der Waals surface area contributed by atoms with Crippen molar-refractivity contribution in [2.75, 3.05) is 13.6 Å². The van der Waals surface area contributed by atoms with E-state index in [2.05, 4.69) is 5.32 Å². The summed E-state index contributed by atoms with van der Waals surface area (Å²) in [6, 6.07) is 5.89. The van der Waals surface area contributed by atoms with Crippen molar-refractivity contribution in [1.82, 2.24) is 10.0 Å². The Hall–Kier alpha value is -1.12. The summed E-state index contributed by atoms with van der Waals surface area (Å²) in [6.45, 7) is 0.738. The number of alkyl halides is 3. The Kier molecular flexibility index (Phi) is 4.32. The van der Waals surface area contributed by atoms with Crippen molar-refractivity contribution in [2.45, 2.75) is 35.9 Å². The number of likely N-dealkylation sites (N-methyl/N-ethyl adjacent to an activating group) is 1. The van der Waals surface area contributed by atoms with Gasteiger partial charge in [-0.2, -0.15) is 17.9 Å². The van der Waals surface area contributed by atoms with Gasteiger partial charge in [0.05, 0.1) is 4.90 Å². The normalized spacial score (nSPS) is 17.7. The van der Waals surface area contributed by atoms with E-state index in [1.54, 1.807) is 23.9 Å². The summed E-state index contributed by atoms with van der Waals surface area (Å²) in [7, 11) is -2.36. The SMILES string of the molecule is CNCCc1ccc(S(=O)(=O)NC2(C(F)(F)F)CC2)cc1. The summed E-state index contributed by atoms with van der Waals surface area (Å²) in [6.07, 6.45) is -4.27. The molecule has 0 aromatic heterocycles. The van der Waals surface area contributed by atoms with Crippen molar-refractivity contribution in [2.24, 2.45) is 0 Å². The van der Waals surface area contributed by atoms with Crippen LogP contribution in [0.2, 0.25) is 0 Å². The fraction of sp³-hybridized carbons (Fsp3) is 0.538. The molecule has 118 valence electrons. The molecule has 1 aliphatic carbocycles. The standard InChI is InChI=1S/C13H17F3N2O2S/c1-17-9-6-10-2-4-11(5-3-10)21(19,20)18-12(7-8-12)13(14,15)16/h2-5,17-18H,6-9H2,1H3. The van der Waals surface area contributed by atoms with Gasteiger partial charge in [-0.05, 0) is 50.6 Å². The van der Waals surface area contributed by atoms with Crippen molar-refractivity contribution >= 4 is 10.0 Å². The molecule has 0 unspecified atom stereocenters. The average molecular weight is 322 g/mol. The molecule has 0 amide bonds. The zero-order valence-electron chi connectivity index (χ0n) is 11.5. The fourth-order valence-electron chi connectivity index (χ4n) is 1.99. The lowest BCUT2D eigenvalue weighted by atomic mass is 10.1. The van der Waals surface area contributed by atoms with E-state index in [1.807, 2.05) is 0 Å². The molecule has 1 fully saturated rings. The number of halogens is 3. The van der Waals surface area contributed by atoms with Crippen LogP contribution in [-0.4, -0.2) is 33.7 Å². The van der Waals surface area contributed by atoms with Gasteiger partial charge in [-0.25, -0.2) is 8.42 Å². The fourth-order valence-corrected chi connectivity index (χ4v) is 3.44. The molecule has 0 bridgehead atoms. The molecule has 1 aliphatic rings. The van der Waals surface area contributed by atoms with Crippen LogP contribution in [0.3, 0.4) is 0 Å². The van der Waals surface area contributed by atoms with Crippen molar-refractivity contribution in [3.8, 4) is 0 Å². The van der Waals surface area contributed by atoms with Crippen LogP contribution in [0.5, 0.6) is 0 Å². The Morgan fingerprint density at radius 1 is 1.19 bits per heavy atom. The van der Waals surface area contributed by atoms with Gasteiger partial charge in [-0.1, -0.05) is 12.1 Å². The molecule has 21 heavy (non-hydrogen) atoms. The van der Waals surface area contributed by atoms with E-state index < -0.39 is 21.7 Å². The summed E-state index contributed by atoms with van der Waals surface area (Å²) in [5, 5.41) is 2.96. The zero-order valence-corrected chi connectivity index (χ0v) is 12.3. The topological polar surface area (TPSA) is 58.2 Å². The Balaban J connectivity index is 2.13. The number of hydrogen-bond donors (Lipinski definition) is 2. The third kappa shape index (κ3) is 3.56. The second-order valence-electron chi connectivity index (χ2n) is 5.18. The first-order chi connectivity index (χ1) is 9.70. The lowest BCUT2D eigenvalue weighted by Crippen LogP contribution is -2.47. The van der Waals surface area contributed by atoms with Crippen LogP contribution in [0.15, 0.2) is 29.2 Å². The van der Waals surface area contributed by atoms with Gasteiger partial charge in [0, 0.05) is 0 Å².